The summed E-state index contributed by atoms with van der Waals surface area (Å²) in [6.07, 6.45) is 5.93. The van der Waals surface area contributed by atoms with E-state index in [4.69, 9.17) is 11.6 Å². The summed E-state index contributed by atoms with van der Waals surface area (Å²) in [4.78, 5) is 14.3. The Kier molecular flexibility index (Phi) is 9.64. The van der Waals surface area contributed by atoms with Gasteiger partial charge in [0.25, 0.3) is 5.91 Å². The first-order valence-electron chi connectivity index (χ1n) is 8.49. The molecule has 5 heteroatoms. The number of benzene rings is 1. The van der Waals surface area contributed by atoms with Crippen LogP contribution in [0.15, 0.2) is 36.0 Å². The van der Waals surface area contributed by atoms with Crippen LogP contribution >= 0.6 is 11.6 Å². The maximum Gasteiger partial charge on any atom is 0.263 e. The molecule has 0 unspecified atom stereocenters. The summed E-state index contributed by atoms with van der Waals surface area (Å²) in [5, 5.41) is 12.7. The minimum absolute atomic E-state index is 0.134. The Balaban J connectivity index is 2.71. The SMILES string of the molecule is CCCCN(/C=C(/C#N)C(=O)NCc1ccccc1Cl)CCCC. The van der Waals surface area contributed by atoms with Crippen molar-refractivity contribution in [1.82, 2.24) is 10.2 Å². The van der Waals surface area contributed by atoms with Crippen molar-refractivity contribution in [1.29, 1.82) is 5.26 Å². The minimum Gasteiger partial charge on any atom is -0.376 e. The largest absolute Gasteiger partial charge is 0.376 e. The van der Waals surface area contributed by atoms with Gasteiger partial charge in [0, 0.05) is 30.9 Å². The maximum absolute atomic E-state index is 12.3. The molecule has 130 valence electrons. The highest BCUT2D eigenvalue weighted by atomic mass is 35.5. The van der Waals surface area contributed by atoms with Crippen LogP contribution in [0.4, 0.5) is 0 Å². The molecule has 0 saturated carbocycles. The molecule has 0 atom stereocenters. The summed E-state index contributed by atoms with van der Waals surface area (Å²) in [7, 11) is 0. The fourth-order valence-corrected chi connectivity index (χ4v) is 2.40. The lowest BCUT2D eigenvalue weighted by molar-refractivity contribution is -0.117. The zero-order valence-electron chi connectivity index (χ0n) is 14.5. The first kappa shape index (κ1) is 20.1. The molecule has 24 heavy (non-hydrogen) atoms. The van der Waals surface area contributed by atoms with E-state index in [2.05, 4.69) is 24.1 Å². The van der Waals surface area contributed by atoms with Crippen molar-refractivity contribution < 1.29 is 4.79 Å². The Hall–Kier alpha value is -1.99. The van der Waals surface area contributed by atoms with Gasteiger partial charge in [-0.3, -0.25) is 4.79 Å². The van der Waals surface area contributed by atoms with Crippen molar-refractivity contribution in [2.75, 3.05) is 13.1 Å². The average molecular weight is 348 g/mol. The fourth-order valence-electron chi connectivity index (χ4n) is 2.20. The van der Waals surface area contributed by atoms with E-state index in [1.54, 1.807) is 12.3 Å². The second-order valence-electron chi connectivity index (χ2n) is 5.67. The molecule has 0 aliphatic carbocycles. The highest BCUT2D eigenvalue weighted by Crippen LogP contribution is 2.14. The van der Waals surface area contributed by atoms with Gasteiger partial charge in [-0.25, -0.2) is 0 Å². The molecule has 0 saturated heterocycles. The number of carbonyl (C=O) groups excluding carboxylic acids is 1. The average Bonchev–Trinajstić information content (AvgIpc) is 2.60. The molecule has 0 heterocycles. The number of nitrogens with zero attached hydrogens (tertiary/aromatic N) is 2. The molecule has 0 aliphatic rings. The topological polar surface area (TPSA) is 56.1 Å². The summed E-state index contributed by atoms with van der Waals surface area (Å²) < 4.78 is 0. The highest BCUT2D eigenvalue weighted by Gasteiger charge is 2.11. The molecule has 1 N–H and O–H groups in total. The van der Waals surface area contributed by atoms with E-state index in [1.165, 1.54) is 0 Å². The first-order chi connectivity index (χ1) is 11.6. The third-order valence-electron chi connectivity index (χ3n) is 3.67. The van der Waals surface area contributed by atoms with Crippen molar-refractivity contribution in [3.8, 4) is 6.07 Å². The van der Waals surface area contributed by atoms with Crippen LogP contribution in [0, 0.1) is 11.3 Å². The van der Waals surface area contributed by atoms with Crippen molar-refractivity contribution in [3.05, 3.63) is 46.6 Å². The summed E-state index contributed by atoms with van der Waals surface area (Å²) in [5.41, 5.74) is 0.966. The molecule has 0 aliphatic heterocycles. The summed E-state index contributed by atoms with van der Waals surface area (Å²) in [5.74, 6) is -0.365. The van der Waals surface area contributed by atoms with Gasteiger partial charge in [0.15, 0.2) is 0 Å². The van der Waals surface area contributed by atoms with Gasteiger partial charge < -0.3 is 10.2 Å². The van der Waals surface area contributed by atoms with Gasteiger partial charge in [-0.05, 0) is 24.5 Å². The second kappa shape index (κ2) is 11.5. The van der Waals surface area contributed by atoms with E-state index in [9.17, 15) is 10.1 Å². The van der Waals surface area contributed by atoms with Gasteiger partial charge >= 0.3 is 0 Å². The number of hydrogen-bond acceptors (Lipinski definition) is 3. The van der Waals surface area contributed by atoms with Gasteiger partial charge in [-0.1, -0.05) is 56.5 Å². The Morgan fingerprint density at radius 3 is 2.42 bits per heavy atom. The Morgan fingerprint density at radius 2 is 1.88 bits per heavy atom. The smallest absolute Gasteiger partial charge is 0.263 e. The molecular weight excluding hydrogens is 322 g/mol. The first-order valence-corrected chi connectivity index (χ1v) is 8.87. The molecule has 1 aromatic rings. The summed E-state index contributed by atoms with van der Waals surface area (Å²) in [6.45, 7) is 6.28. The quantitative estimate of drug-likeness (QED) is 0.508. The third kappa shape index (κ3) is 7.06. The predicted molar refractivity (Wildman–Crippen MR) is 98.4 cm³/mol. The lowest BCUT2D eigenvalue weighted by Crippen LogP contribution is -2.27. The zero-order valence-corrected chi connectivity index (χ0v) is 15.3. The van der Waals surface area contributed by atoms with Crippen molar-refractivity contribution in [3.63, 3.8) is 0 Å². The van der Waals surface area contributed by atoms with Gasteiger partial charge in [-0.2, -0.15) is 5.26 Å². The van der Waals surface area contributed by atoms with E-state index in [0.717, 1.165) is 44.3 Å². The number of amides is 1. The summed E-state index contributed by atoms with van der Waals surface area (Å²) in [6, 6.07) is 9.35. The van der Waals surface area contributed by atoms with Crippen LogP contribution in [-0.2, 0) is 11.3 Å². The lowest BCUT2D eigenvalue weighted by atomic mass is 10.2. The van der Waals surface area contributed by atoms with Crippen LogP contribution < -0.4 is 5.32 Å². The van der Waals surface area contributed by atoms with Crippen LogP contribution in [0.1, 0.15) is 45.1 Å². The highest BCUT2D eigenvalue weighted by molar-refractivity contribution is 6.31. The fraction of sp³-hybridized carbons (Fsp3) is 0.474. The number of hydrogen-bond donors (Lipinski definition) is 1. The zero-order chi connectivity index (χ0) is 17.8. The van der Waals surface area contributed by atoms with E-state index in [-0.39, 0.29) is 11.5 Å². The predicted octanol–water partition coefficient (Wildman–Crippen LogP) is 4.27. The third-order valence-corrected chi connectivity index (χ3v) is 4.04. The number of carbonyl (C=O) groups is 1. The number of rotatable bonds is 10. The molecule has 0 fully saturated rings. The van der Waals surface area contributed by atoms with E-state index >= 15 is 0 Å². The summed E-state index contributed by atoms with van der Waals surface area (Å²) >= 11 is 6.08. The Morgan fingerprint density at radius 1 is 1.25 bits per heavy atom. The number of halogens is 1. The monoisotopic (exact) mass is 347 g/mol. The standard InChI is InChI=1S/C19H26ClN3O/c1-3-5-11-23(12-6-4-2)15-17(13-21)19(24)22-14-16-9-7-8-10-18(16)20/h7-10,15H,3-6,11-12,14H2,1-2H3,(H,22,24)/b17-15-. The Labute approximate surface area is 150 Å². The molecule has 4 nitrogen and oxygen atoms in total. The molecule has 0 bridgehead atoms. The molecule has 0 spiro atoms. The van der Waals surface area contributed by atoms with Crippen LogP contribution in [-0.4, -0.2) is 23.9 Å². The van der Waals surface area contributed by atoms with Crippen LogP contribution in [0.2, 0.25) is 5.02 Å². The van der Waals surface area contributed by atoms with E-state index in [1.807, 2.05) is 24.3 Å². The van der Waals surface area contributed by atoms with Crippen LogP contribution in [0.5, 0.6) is 0 Å². The molecule has 0 radical (unpaired) electrons. The van der Waals surface area contributed by atoms with Gasteiger partial charge in [0.2, 0.25) is 0 Å². The van der Waals surface area contributed by atoms with Crippen molar-refractivity contribution in [2.45, 2.75) is 46.1 Å². The minimum atomic E-state index is -0.365. The Bertz CT molecular complexity index is 585. The number of unbranched alkanes of at least 4 members (excludes halogenated alkanes) is 2. The van der Waals surface area contributed by atoms with Crippen molar-refractivity contribution >= 4 is 17.5 Å². The molecule has 1 amide bonds. The lowest BCUT2D eigenvalue weighted by Gasteiger charge is -2.20. The number of nitrogens with one attached hydrogen (secondary N) is 1. The molecular formula is C19H26ClN3O. The van der Waals surface area contributed by atoms with Gasteiger partial charge in [0.1, 0.15) is 11.6 Å². The maximum atomic E-state index is 12.3. The van der Waals surface area contributed by atoms with Crippen molar-refractivity contribution in [2.24, 2.45) is 0 Å². The molecule has 0 aromatic heterocycles. The van der Waals surface area contributed by atoms with Crippen LogP contribution in [0.3, 0.4) is 0 Å². The van der Waals surface area contributed by atoms with Gasteiger partial charge in [0.05, 0.1) is 0 Å². The van der Waals surface area contributed by atoms with E-state index < -0.39 is 0 Å². The second-order valence-corrected chi connectivity index (χ2v) is 6.08. The van der Waals surface area contributed by atoms with Gasteiger partial charge in [-0.15, -0.1) is 0 Å². The van der Waals surface area contributed by atoms with E-state index in [0.29, 0.717) is 11.6 Å². The molecule has 1 aromatic carbocycles. The van der Waals surface area contributed by atoms with Crippen LogP contribution in [0.25, 0.3) is 0 Å². The normalized spacial score (nSPS) is 11.0. The number of nitriles is 1. The molecule has 1 rings (SSSR count).